The van der Waals surface area contributed by atoms with Crippen molar-refractivity contribution in [2.75, 3.05) is 29.4 Å². The monoisotopic (exact) mass is 1730 g/mol. The summed E-state index contributed by atoms with van der Waals surface area (Å²) in [6.45, 7) is 4.73. The van der Waals surface area contributed by atoms with Gasteiger partial charge in [0.25, 0.3) is 0 Å². The minimum atomic E-state index is -0.168. The zero-order valence-corrected chi connectivity index (χ0v) is 74.4. The van der Waals surface area contributed by atoms with Gasteiger partial charge in [-0.1, -0.05) is 269 Å². The van der Waals surface area contributed by atoms with Crippen LogP contribution >= 0.6 is 22.7 Å². The highest BCUT2D eigenvalue weighted by molar-refractivity contribution is 7.26. The van der Waals surface area contributed by atoms with Crippen LogP contribution in [0.5, 0.6) is 0 Å². The molecule has 1 aliphatic rings. The van der Waals surface area contributed by atoms with Crippen LogP contribution in [0.15, 0.2) is 502 Å². The fraction of sp³-hybridized carbons (Fsp3) is 0.0244. The van der Waals surface area contributed by atoms with Gasteiger partial charge in [-0.2, -0.15) is 0 Å². The quantitative estimate of drug-likeness (QED) is 0.0752. The van der Waals surface area contributed by atoms with Crippen LogP contribution in [0.2, 0.25) is 0 Å². The third kappa shape index (κ3) is 15.2. The van der Waals surface area contributed by atoms with Crippen molar-refractivity contribution in [3.05, 3.63) is 509 Å². The molecule has 628 valence electrons. The van der Waals surface area contributed by atoms with E-state index >= 15 is 0 Å². The first-order valence-electron chi connectivity index (χ1n) is 44.9. The Bertz CT molecular complexity index is 8110. The molecule has 0 radical (unpaired) electrons. The third-order valence-corrected chi connectivity index (χ3v) is 27.9. The minimum absolute atomic E-state index is 0.168. The Hall–Kier alpha value is -16.6. The Labute approximate surface area is 776 Å². The topological polar surface area (TPSA) is 32.6 Å². The molecule has 0 aliphatic heterocycles. The number of anilines is 18. The number of nitrogens with zero attached hydrogens (tertiary/aromatic N) is 6. The van der Waals surface area contributed by atoms with Crippen molar-refractivity contribution in [3.8, 4) is 33.4 Å². The summed E-state index contributed by atoms with van der Waals surface area (Å²) in [4.78, 5) is 14.3. The number of thiophene rings is 2. The summed E-state index contributed by atoms with van der Waals surface area (Å²) in [6.07, 6.45) is 0. The maximum Gasteiger partial charge on any atom is 0.135 e. The lowest BCUT2D eigenvalue weighted by atomic mass is 9.82. The van der Waals surface area contributed by atoms with E-state index in [1.165, 1.54) is 84.9 Å². The lowest BCUT2D eigenvalue weighted by Gasteiger charge is -2.30. The van der Waals surface area contributed by atoms with Gasteiger partial charge in [0, 0.05) is 159 Å². The number of fused-ring (bicyclic) bond motifs is 12. The van der Waals surface area contributed by atoms with Crippen molar-refractivity contribution in [2.24, 2.45) is 0 Å². The van der Waals surface area contributed by atoms with E-state index < -0.39 is 0 Å². The summed E-state index contributed by atoms with van der Waals surface area (Å²) in [5.74, 6) is 0. The van der Waals surface area contributed by atoms with Crippen LogP contribution in [-0.4, -0.2) is 0 Å². The first kappa shape index (κ1) is 80.0. The molecule has 20 aromatic carbocycles. The highest BCUT2D eigenvalue weighted by atomic mass is 32.1. The Morgan fingerprint density at radius 2 is 0.417 bits per heavy atom. The Kier molecular flexibility index (Phi) is 21.0. The van der Waals surface area contributed by atoms with Crippen molar-refractivity contribution in [2.45, 2.75) is 19.3 Å². The maximum absolute atomic E-state index is 6.22. The molecule has 7 nitrogen and oxygen atoms in total. The van der Waals surface area contributed by atoms with Gasteiger partial charge in [-0.3, -0.25) is 0 Å². The van der Waals surface area contributed by atoms with Gasteiger partial charge in [0.2, 0.25) is 0 Å². The molecule has 9 heteroatoms. The molecule has 0 saturated carbocycles. The molecule has 0 spiro atoms. The number of hydrogen-bond acceptors (Lipinski definition) is 9. The van der Waals surface area contributed by atoms with Gasteiger partial charge in [0.15, 0.2) is 0 Å². The molecule has 0 unspecified atom stereocenters. The van der Waals surface area contributed by atoms with Crippen LogP contribution in [0.25, 0.3) is 95.7 Å². The van der Waals surface area contributed by atoms with Crippen LogP contribution in [0, 0.1) is 0 Å². The van der Waals surface area contributed by atoms with E-state index in [0.29, 0.717) is 0 Å². The average molecular weight is 1730 g/mol. The highest BCUT2D eigenvalue weighted by Crippen LogP contribution is 2.54. The third-order valence-electron chi connectivity index (χ3n) is 25.6. The van der Waals surface area contributed by atoms with E-state index in [1.807, 2.05) is 34.8 Å². The van der Waals surface area contributed by atoms with Gasteiger partial charge >= 0.3 is 0 Å². The van der Waals surface area contributed by atoms with Gasteiger partial charge < -0.3 is 33.8 Å². The minimum Gasteiger partial charge on any atom is -0.456 e. The largest absolute Gasteiger partial charge is 0.456 e. The number of rotatable bonds is 20. The predicted octanol–water partition coefficient (Wildman–Crippen LogP) is 36.5. The second kappa shape index (κ2) is 34.6. The predicted molar refractivity (Wildman–Crippen MR) is 562 cm³/mol. The van der Waals surface area contributed by atoms with Gasteiger partial charge in [-0.25, -0.2) is 0 Å². The van der Waals surface area contributed by atoms with Crippen molar-refractivity contribution in [1.82, 2.24) is 0 Å². The first-order valence-corrected chi connectivity index (χ1v) is 46.5. The van der Waals surface area contributed by atoms with Gasteiger partial charge in [-0.15, -0.1) is 22.7 Å². The van der Waals surface area contributed by atoms with E-state index in [-0.39, 0.29) is 5.41 Å². The molecule has 132 heavy (non-hydrogen) atoms. The van der Waals surface area contributed by atoms with E-state index in [1.54, 1.807) is 0 Å². The summed E-state index contributed by atoms with van der Waals surface area (Å²) in [6, 6.07) is 179. The molecule has 24 rings (SSSR count). The van der Waals surface area contributed by atoms with Crippen LogP contribution in [-0.2, 0) is 5.41 Å². The van der Waals surface area contributed by atoms with Crippen molar-refractivity contribution < 1.29 is 4.42 Å². The smallest absolute Gasteiger partial charge is 0.135 e. The van der Waals surface area contributed by atoms with Crippen LogP contribution in [0.3, 0.4) is 0 Å². The lowest BCUT2D eigenvalue weighted by molar-refractivity contribution is 0.660. The van der Waals surface area contributed by atoms with Crippen LogP contribution in [0.1, 0.15) is 25.0 Å². The molecule has 3 aromatic heterocycles. The lowest BCUT2D eigenvalue weighted by Crippen LogP contribution is -2.17. The van der Waals surface area contributed by atoms with Gasteiger partial charge in [-0.05, 0) is 287 Å². The molecule has 0 N–H and O–H groups in total. The van der Waals surface area contributed by atoms with Gasteiger partial charge in [0.05, 0.1) is 0 Å². The molecule has 23 aromatic rings. The van der Waals surface area contributed by atoms with Crippen LogP contribution in [0.4, 0.5) is 102 Å². The second-order valence-electron chi connectivity index (χ2n) is 34.0. The van der Waals surface area contributed by atoms with Crippen molar-refractivity contribution >= 4 is 187 Å². The SMILES string of the molecule is CC1(C)c2ccccc2-c2ccc(N(c3cccc(N(c4ccccc4)c4cccc(-c5ccccc5)c4)c3)c3ccc4sc5ccc(N(c6ccccc6)c6cccc(-c7ccccc7)c6)cc5c4c3)cc21.c1ccc(N(c2ccccc2)c2cccc(N(c3ccccc3)c3ccc4sc5ccc(N(c6ccccc6)c6ccc7oc8ccccc8c7c6)cc5c4c3)c2)cc1. The summed E-state index contributed by atoms with van der Waals surface area (Å²) < 4.78 is 11.2. The molecule has 3 heterocycles. The molecule has 0 saturated heterocycles. The van der Waals surface area contributed by atoms with E-state index in [4.69, 9.17) is 4.42 Å². The fourth-order valence-corrected chi connectivity index (χ4v) is 21.5. The van der Waals surface area contributed by atoms with Crippen molar-refractivity contribution in [3.63, 3.8) is 0 Å². The molecule has 0 bridgehead atoms. The number of furan rings is 1. The molecular weight excluding hydrogens is 1640 g/mol. The summed E-state index contributed by atoms with van der Waals surface area (Å²) in [7, 11) is 0. The highest BCUT2D eigenvalue weighted by Gasteiger charge is 2.36. The fourth-order valence-electron chi connectivity index (χ4n) is 19.3. The van der Waals surface area contributed by atoms with E-state index in [0.717, 1.165) is 124 Å². The zero-order chi connectivity index (χ0) is 88.0. The molecule has 0 atom stereocenters. The summed E-state index contributed by atoms with van der Waals surface area (Å²) in [5, 5.41) is 7.12. The second-order valence-corrected chi connectivity index (χ2v) is 36.2. The summed E-state index contributed by atoms with van der Waals surface area (Å²) in [5.41, 5.74) is 31.3. The van der Waals surface area contributed by atoms with E-state index in [2.05, 4.69) is 529 Å². The number of benzene rings is 20. The normalized spacial score (nSPS) is 11.9. The van der Waals surface area contributed by atoms with Crippen LogP contribution < -0.4 is 29.4 Å². The molecule has 1 aliphatic carbocycles. The molecular formula is C123H88N6OS2. The van der Waals surface area contributed by atoms with Gasteiger partial charge in [0.1, 0.15) is 11.2 Å². The first-order chi connectivity index (χ1) is 65.2. The molecule has 0 amide bonds. The Morgan fingerprint density at radius 3 is 0.803 bits per heavy atom. The number of hydrogen-bond donors (Lipinski definition) is 0. The summed E-state index contributed by atoms with van der Waals surface area (Å²) >= 11 is 3.69. The zero-order valence-electron chi connectivity index (χ0n) is 72.8. The number of para-hydroxylation sites is 7. The Balaban J connectivity index is 0.000000153. The average Bonchev–Trinajstić information content (AvgIpc) is 1.56. The standard InChI is InChI=1S/C69H51N3S.C54H37N3OS/c1-69(2)65-35-16-15-34-61(65)62-39-36-60(47-66(62)69)72(57-33-19-32-56(44-57)70(52-26-11-5-12-27-52)54-30-17-24-50(42-54)48-20-7-3-8-21-48)59-38-41-68-64(46-59)63-45-58(37-40-67(63)73-68)71(53-28-13-6-14-29-53)55-31-18-25-51(43-55)49-22-9-4-10-23-49;1-5-16-38(17-6-1)55(39-18-7-2-8-19-39)42-24-15-25-43(34-42)56(40-20-9-3-10-21-40)45-29-32-53-49(36-45)50-37-46(30-33-54(50)59-53)57(41-22-11-4-12-23-41)44-28-31-52-48(35-44)47-26-13-14-27-51(47)58-52/h3-47H,1-2H3;1-37H. The maximum atomic E-state index is 6.22. The van der Waals surface area contributed by atoms with E-state index in [9.17, 15) is 0 Å². The Morgan fingerprint density at radius 1 is 0.167 bits per heavy atom. The molecule has 0 fully saturated rings. The van der Waals surface area contributed by atoms with Crippen molar-refractivity contribution in [1.29, 1.82) is 0 Å².